The first-order valence-corrected chi connectivity index (χ1v) is 9.35. The molecule has 1 saturated heterocycles. The number of hydrogen-bond donors (Lipinski definition) is 1. The maximum atomic E-state index is 12.6. The second-order valence-corrected chi connectivity index (χ2v) is 6.81. The number of nitrogens with one attached hydrogen (secondary N) is 1. The van der Waals surface area contributed by atoms with Gasteiger partial charge in [0.05, 0.1) is 19.6 Å². The first-order valence-electron chi connectivity index (χ1n) is 9.35. The third-order valence-corrected chi connectivity index (χ3v) is 4.98. The maximum Gasteiger partial charge on any atom is 0.310 e. The zero-order chi connectivity index (χ0) is 19.8. The minimum absolute atomic E-state index is 0.0132. The number of amides is 1. The molecule has 0 radical (unpaired) electrons. The smallest absolute Gasteiger partial charge is 0.310 e. The minimum Gasteiger partial charge on any atom is -0.469 e. The number of rotatable bonds is 6. The summed E-state index contributed by atoms with van der Waals surface area (Å²) in [5, 5.41) is 3.14. The van der Waals surface area contributed by atoms with E-state index in [1.165, 1.54) is 7.11 Å². The Morgan fingerprint density at radius 1 is 1.30 bits per heavy atom. The molecule has 2 rings (SSSR count). The van der Waals surface area contributed by atoms with Crippen LogP contribution in [0.4, 0.5) is 0 Å². The van der Waals surface area contributed by atoms with Crippen LogP contribution >= 0.6 is 0 Å². The summed E-state index contributed by atoms with van der Waals surface area (Å²) in [4.78, 5) is 32.6. The van der Waals surface area contributed by atoms with Gasteiger partial charge in [-0.1, -0.05) is 37.3 Å². The molecule has 1 N–H and O–H groups in total. The van der Waals surface area contributed by atoms with Crippen LogP contribution in [0.15, 0.2) is 35.3 Å². The topological polar surface area (TPSA) is 74.2 Å². The minimum atomic E-state index is -0.198. The lowest BCUT2D eigenvalue weighted by atomic mass is 9.99. The predicted octanol–water partition coefficient (Wildman–Crippen LogP) is 1.35. The number of likely N-dealkylation sites (tertiary alicyclic amines) is 1. The lowest BCUT2D eigenvalue weighted by Gasteiger charge is -2.24. The van der Waals surface area contributed by atoms with Gasteiger partial charge in [-0.2, -0.15) is 0 Å². The van der Waals surface area contributed by atoms with E-state index in [4.69, 9.17) is 4.74 Å². The molecule has 1 aliphatic rings. The number of carbonyl (C=O) groups excluding carboxylic acids is 2. The van der Waals surface area contributed by atoms with Crippen LogP contribution < -0.4 is 5.32 Å². The number of benzene rings is 1. The largest absolute Gasteiger partial charge is 0.469 e. The normalized spacial score (nSPS) is 19.7. The van der Waals surface area contributed by atoms with E-state index in [1.807, 2.05) is 49.1 Å². The maximum absolute atomic E-state index is 12.6. The van der Waals surface area contributed by atoms with E-state index in [1.54, 1.807) is 11.9 Å². The van der Waals surface area contributed by atoms with Crippen molar-refractivity contribution in [2.24, 2.45) is 16.8 Å². The number of esters is 1. The molecule has 148 valence electrons. The van der Waals surface area contributed by atoms with E-state index >= 15 is 0 Å². The molecule has 1 aromatic rings. The molecule has 0 spiro atoms. The fourth-order valence-corrected chi connectivity index (χ4v) is 3.38. The zero-order valence-corrected chi connectivity index (χ0v) is 16.6. The van der Waals surface area contributed by atoms with E-state index in [2.05, 4.69) is 10.3 Å². The summed E-state index contributed by atoms with van der Waals surface area (Å²) in [5.41, 5.74) is 1.10. The van der Waals surface area contributed by atoms with Crippen molar-refractivity contribution >= 4 is 17.8 Å². The van der Waals surface area contributed by atoms with Crippen molar-refractivity contribution in [3.8, 4) is 0 Å². The number of carbonyl (C=O) groups is 2. The Morgan fingerprint density at radius 2 is 2.00 bits per heavy atom. The molecule has 1 aliphatic heterocycles. The molecule has 27 heavy (non-hydrogen) atoms. The predicted molar refractivity (Wildman–Crippen MR) is 105 cm³/mol. The van der Waals surface area contributed by atoms with Crippen LogP contribution in [0.3, 0.4) is 0 Å². The second kappa shape index (κ2) is 9.94. The van der Waals surface area contributed by atoms with Crippen molar-refractivity contribution < 1.29 is 14.3 Å². The highest BCUT2D eigenvalue weighted by molar-refractivity contribution is 5.87. The summed E-state index contributed by atoms with van der Waals surface area (Å²) in [5.74, 6) is 0.458. The Bertz CT molecular complexity index is 662. The molecule has 7 nitrogen and oxygen atoms in total. The van der Waals surface area contributed by atoms with Gasteiger partial charge in [0, 0.05) is 33.2 Å². The molecule has 1 fully saturated rings. The summed E-state index contributed by atoms with van der Waals surface area (Å²) < 4.78 is 4.88. The molecule has 1 aromatic carbocycles. The summed E-state index contributed by atoms with van der Waals surface area (Å²) in [6.45, 7) is 6.64. The molecule has 7 heteroatoms. The fourth-order valence-electron chi connectivity index (χ4n) is 3.38. The zero-order valence-electron chi connectivity index (χ0n) is 16.6. The standard InChI is InChI=1S/C20H30N4O3/c1-5-23(13-16-9-7-6-8-10-16)18(25)11-22-20(21-3)24-12-15(2)17(14-24)19(26)27-4/h6-10,15,17H,5,11-14H2,1-4H3,(H,21,22). The summed E-state index contributed by atoms with van der Waals surface area (Å²) >= 11 is 0. The second-order valence-electron chi connectivity index (χ2n) is 6.81. The lowest BCUT2D eigenvalue weighted by molar-refractivity contribution is -0.146. The van der Waals surface area contributed by atoms with Gasteiger partial charge in [0.2, 0.25) is 5.91 Å². The Hall–Kier alpha value is -2.57. The highest BCUT2D eigenvalue weighted by Gasteiger charge is 2.37. The lowest BCUT2D eigenvalue weighted by Crippen LogP contribution is -2.46. The summed E-state index contributed by atoms with van der Waals surface area (Å²) in [6.07, 6.45) is 0. The summed E-state index contributed by atoms with van der Waals surface area (Å²) in [7, 11) is 3.10. The molecule has 2 unspecified atom stereocenters. The van der Waals surface area contributed by atoms with Gasteiger partial charge in [-0.3, -0.25) is 14.6 Å². The van der Waals surface area contributed by atoms with E-state index in [-0.39, 0.29) is 30.3 Å². The van der Waals surface area contributed by atoms with Gasteiger partial charge in [0.15, 0.2) is 5.96 Å². The van der Waals surface area contributed by atoms with Crippen molar-refractivity contribution in [3.63, 3.8) is 0 Å². The van der Waals surface area contributed by atoms with Gasteiger partial charge in [-0.05, 0) is 18.4 Å². The third kappa shape index (κ3) is 5.45. The average Bonchev–Trinajstić information content (AvgIpc) is 3.08. The molecule has 0 saturated carbocycles. The Labute approximate surface area is 161 Å². The monoisotopic (exact) mass is 374 g/mol. The molecule has 0 aliphatic carbocycles. The van der Waals surface area contributed by atoms with Crippen molar-refractivity contribution in [2.75, 3.05) is 40.3 Å². The first-order chi connectivity index (χ1) is 13.0. The third-order valence-electron chi connectivity index (χ3n) is 4.98. The molecular weight excluding hydrogens is 344 g/mol. The van der Waals surface area contributed by atoms with Gasteiger partial charge >= 0.3 is 5.97 Å². The number of likely N-dealkylation sites (N-methyl/N-ethyl adjacent to an activating group) is 1. The number of nitrogens with zero attached hydrogens (tertiary/aromatic N) is 3. The molecular formula is C20H30N4O3. The van der Waals surface area contributed by atoms with Crippen LogP contribution in [-0.2, 0) is 20.9 Å². The van der Waals surface area contributed by atoms with E-state index in [0.29, 0.717) is 32.1 Å². The van der Waals surface area contributed by atoms with Gasteiger partial charge in [-0.25, -0.2) is 0 Å². The summed E-state index contributed by atoms with van der Waals surface area (Å²) in [6, 6.07) is 9.94. The molecule has 2 atom stereocenters. The Balaban J connectivity index is 1.91. The molecule has 0 aromatic heterocycles. The van der Waals surface area contributed by atoms with Crippen LogP contribution in [-0.4, -0.2) is 68.0 Å². The number of methoxy groups -OCH3 is 1. The number of aliphatic imine (C=N–C) groups is 1. The van der Waals surface area contributed by atoms with Crippen molar-refractivity contribution in [1.82, 2.24) is 15.1 Å². The number of guanidine groups is 1. The quantitative estimate of drug-likeness (QED) is 0.462. The molecule has 0 bridgehead atoms. The first kappa shape index (κ1) is 20.7. The van der Waals surface area contributed by atoms with E-state index in [0.717, 1.165) is 5.56 Å². The SMILES string of the molecule is CCN(Cc1ccccc1)C(=O)CNC(=NC)N1CC(C)C(C(=O)OC)C1. The van der Waals surface area contributed by atoms with Crippen LogP contribution in [0.2, 0.25) is 0 Å². The highest BCUT2D eigenvalue weighted by Crippen LogP contribution is 2.24. The highest BCUT2D eigenvalue weighted by atomic mass is 16.5. The van der Waals surface area contributed by atoms with E-state index in [9.17, 15) is 9.59 Å². The van der Waals surface area contributed by atoms with Crippen molar-refractivity contribution in [2.45, 2.75) is 20.4 Å². The van der Waals surface area contributed by atoms with Gasteiger partial charge in [0.25, 0.3) is 0 Å². The number of hydrogen-bond acceptors (Lipinski definition) is 4. The van der Waals surface area contributed by atoms with Crippen LogP contribution in [0.5, 0.6) is 0 Å². The average molecular weight is 374 g/mol. The Kier molecular flexibility index (Phi) is 7.64. The van der Waals surface area contributed by atoms with Crippen molar-refractivity contribution in [1.29, 1.82) is 0 Å². The number of ether oxygens (including phenoxy) is 1. The van der Waals surface area contributed by atoms with Crippen LogP contribution in [0.1, 0.15) is 19.4 Å². The van der Waals surface area contributed by atoms with Crippen LogP contribution in [0, 0.1) is 11.8 Å². The molecule has 1 heterocycles. The van der Waals surface area contributed by atoms with Gasteiger partial charge in [-0.15, -0.1) is 0 Å². The van der Waals surface area contributed by atoms with Crippen LogP contribution in [0.25, 0.3) is 0 Å². The fraction of sp³-hybridized carbons (Fsp3) is 0.550. The van der Waals surface area contributed by atoms with E-state index < -0.39 is 0 Å². The Morgan fingerprint density at radius 3 is 2.59 bits per heavy atom. The van der Waals surface area contributed by atoms with Gasteiger partial charge < -0.3 is 19.9 Å². The molecule has 1 amide bonds. The van der Waals surface area contributed by atoms with Crippen molar-refractivity contribution in [3.05, 3.63) is 35.9 Å². The van der Waals surface area contributed by atoms with Gasteiger partial charge in [0.1, 0.15) is 0 Å².